The van der Waals surface area contributed by atoms with Gasteiger partial charge in [0.05, 0.1) is 5.52 Å². The number of carbonyl (C=O) groups is 1. The van der Waals surface area contributed by atoms with Crippen LogP contribution in [-0.4, -0.2) is 53.0 Å². The van der Waals surface area contributed by atoms with Crippen LogP contribution in [0.4, 0.5) is 0 Å². The Kier molecular flexibility index (Phi) is 5.81. The van der Waals surface area contributed by atoms with E-state index in [4.69, 9.17) is 4.42 Å². The first-order valence-corrected chi connectivity index (χ1v) is 9.52. The van der Waals surface area contributed by atoms with Crippen molar-refractivity contribution in [3.8, 4) is 0 Å². The van der Waals surface area contributed by atoms with Gasteiger partial charge in [0.2, 0.25) is 5.91 Å². The molecular weight excluding hydrogens is 330 g/mol. The number of piperidine rings is 1. The Morgan fingerprint density at radius 3 is 2.65 bits per heavy atom. The fourth-order valence-corrected chi connectivity index (χ4v) is 3.73. The Labute approximate surface area is 154 Å². The van der Waals surface area contributed by atoms with E-state index in [0.29, 0.717) is 30.5 Å². The summed E-state index contributed by atoms with van der Waals surface area (Å²) in [5, 5.41) is 0. The molecule has 0 aliphatic carbocycles. The fourth-order valence-electron chi connectivity index (χ4n) is 3.73. The molecule has 1 aromatic heterocycles. The van der Waals surface area contributed by atoms with Crippen LogP contribution in [-0.2, 0) is 11.3 Å². The Hall–Kier alpha value is -2.08. The molecule has 6 heteroatoms. The molecule has 1 aliphatic rings. The van der Waals surface area contributed by atoms with Crippen molar-refractivity contribution >= 4 is 17.0 Å². The molecule has 1 amide bonds. The molecule has 2 aromatic rings. The quantitative estimate of drug-likeness (QED) is 0.795. The normalized spacial score (nSPS) is 16.5. The topological polar surface area (TPSA) is 58.7 Å². The van der Waals surface area contributed by atoms with Gasteiger partial charge in [0, 0.05) is 25.6 Å². The molecule has 6 nitrogen and oxygen atoms in total. The van der Waals surface area contributed by atoms with Gasteiger partial charge in [0.15, 0.2) is 5.58 Å². The summed E-state index contributed by atoms with van der Waals surface area (Å²) >= 11 is 0. The number of para-hydroxylation sites is 2. The van der Waals surface area contributed by atoms with Crippen LogP contribution in [0.15, 0.2) is 33.5 Å². The van der Waals surface area contributed by atoms with Crippen LogP contribution < -0.4 is 5.76 Å². The first-order chi connectivity index (χ1) is 12.5. The lowest BCUT2D eigenvalue weighted by molar-refractivity contribution is -0.135. The van der Waals surface area contributed by atoms with E-state index in [1.807, 2.05) is 23.1 Å². The summed E-state index contributed by atoms with van der Waals surface area (Å²) < 4.78 is 6.83. The summed E-state index contributed by atoms with van der Waals surface area (Å²) in [6.07, 6.45) is 2.36. The van der Waals surface area contributed by atoms with E-state index in [1.165, 1.54) is 0 Å². The van der Waals surface area contributed by atoms with E-state index in [9.17, 15) is 9.59 Å². The highest BCUT2D eigenvalue weighted by Gasteiger charge is 2.27. The summed E-state index contributed by atoms with van der Waals surface area (Å²) in [6.45, 7) is 7.47. The molecule has 0 atom stereocenters. The van der Waals surface area contributed by atoms with Crippen LogP contribution in [0.1, 0.15) is 33.1 Å². The van der Waals surface area contributed by atoms with Gasteiger partial charge in [-0.2, -0.15) is 0 Å². The maximum Gasteiger partial charge on any atom is 0.419 e. The van der Waals surface area contributed by atoms with Crippen molar-refractivity contribution in [2.24, 2.45) is 5.92 Å². The largest absolute Gasteiger partial charge is 0.419 e. The molecule has 0 saturated carbocycles. The minimum absolute atomic E-state index is 0.130. The number of fused-ring (bicyclic) bond motifs is 1. The van der Waals surface area contributed by atoms with Crippen molar-refractivity contribution in [1.82, 2.24) is 14.4 Å². The lowest BCUT2D eigenvalue weighted by Crippen LogP contribution is -2.48. The third-order valence-electron chi connectivity index (χ3n) is 5.13. The monoisotopic (exact) mass is 359 g/mol. The number of amides is 1. The number of likely N-dealkylation sites (tertiary alicyclic amines) is 1. The minimum Gasteiger partial charge on any atom is -0.408 e. The van der Waals surface area contributed by atoms with Crippen molar-refractivity contribution in [2.45, 2.75) is 45.7 Å². The molecule has 1 aliphatic heterocycles. The standard InChI is InChI=1S/C20H29N3O3/c1-15(2)14-23(16-8-11-21(3)12-9-16)19(24)10-13-22-17-6-4-5-7-18(17)26-20(22)25/h4-7,15-16H,8-14H2,1-3H3. The molecule has 0 bridgehead atoms. The van der Waals surface area contributed by atoms with Crippen LogP contribution in [0.3, 0.4) is 0 Å². The van der Waals surface area contributed by atoms with Crippen molar-refractivity contribution < 1.29 is 9.21 Å². The van der Waals surface area contributed by atoms with E-state index >= 15 is 0 Å². The molecule has 26 heavy (non-hydrogen) atoms. The number of rotatable bonds is 6. The Balaban J connectivity index is 1.71. The molecule has 0 N–H and O–H groups in total. The first-order valence-electron chi connectivity index (χ1n) is 9.52. The van der Waals surface area contributed by atoms with Crippen molar-refractivity contribution in [3.63, 3.8) is 0 Å². The SMILES string of the molecule is CC(C)CN(C(=O)CCn1c(=O)oc2ccccc21)C1CCN(C)CC1. The third kappa shape index (κ3) is 4.18. The zero-order chi connectivity index (χ0) is 18.7. The second-order valence-corrected chi connectivity index (χ2v) is 7.71. The van der Waals surface area contributed by atoms with Crippen LogP contribution >= 0.6 is 0 Å². The summed E-state index contributed by atoms with van der Waals surface area (Å²) in [6, 6.07) is 7.65. The summed E-state index contributed by atoms with van der Waals surface area (Å²) in [7, 11) is 2.13. The number of aromatic nitrogens is 1. The van der Waals surface area contributed by atoms with Crippen LogP contribution in [0.25, 0.3) is 11.1 Å². The Bertz CT molecular complexity index is 800. The summed E-state index contributed by atoms with van der Waals surface area (Å²) in [5.41, 5.74) is 1.32. The van der Waals surface area contributed by atoms with Gasteiger partial charge >= 0.3 is 5.76 Å². The Morgan fingerprint density at radius 2 is 1.96 bits per heavy atom. The molecule has 2 heterocycles. The van der Waals surface area contributed by atoms with Gasteiger partial charge in [-0.15, -0.1) is 0 Å². The number of benzene rings is 1. The number of hydrogen-bond acceptors (Lipinski definition) is 4. The molecule has 0 radical (unpaired) electrons. The van der Waals surface area contributed by atoms with E-state index in [-0.39, 0.29) is 5.91 Å². The molecule has 1 saturated heterocycles. The highest BCUT2D eigenvalue weighted by Crippen LogP contribution is 2.19. The molecule has 3 rings (SSSR count). The second kappa shape index (κ2) is 8.08. The van der Waals surface area contributed by atoms with E-state index < -0.39 is 5.76 Å². The lowest BCUT2D eigenvalue weighted by Gasteiger charge is -2.38. The van der Waals surface area contributed by atoms with Crippen molar-refractivity contribution in [3.05, 3.63) is 34.8 Å². The zero-order valence-electron chi connectivity index (χ0n) is 16.0. The highest BCUT2D eigenvalue weighted by molar-refractivity contribution is 5.77. The first kappa shape index (κ1) is 18.7. The predicted molar refractivity (Wildman–Crippen MR) is 102 cm³/mol. The van der Waals surface area contributed by atoms with Gasteiger partial charge < -0.3 is 14.2 Å². The zero-order valence-corrected chi connectivity index (χ0v) is 16.0. The molecule has 1 aromatic carbocycles. The van der Waals surface area contributed by atoms with E-state index in [1.54, 1.807) is 10.6 Å². The second-order valence-electron chi connectivity index (χ2n) is 7.71. The third-order valence-corrected chi connectivity index (χ3v) is 5.13. The van der Waals surface area contributed by atoms with Gasteiger partial charge in [-0.1, -0.05) is 26.0 Å². The van der Waals surface area contributed by atoms with Crippen molar-refractivity contribution in [2.75, 3.05) is 26.7 Å². The molecule has 142 valence electrons. The van der Waals surface area contributed by atoms with Gasteiger partial charge in [-0.25, -0.2) is 4.79 Å². The lowest BCUT2D eigenvalue weighted by atomic mass is 10.0. The molecule has 0 spiro atoms. The average Bonchev–Trinajstić information content (AvgIpc) is 2.93. The minimum atomic E-state index is -0.395. The van der Waals surface area contributed by atoms with E-state index in [0.717, 1.165) is 38.0 Å². The number of nitrogens with zero attached hydrogens (tertiary/aromatic N) is 3. The highest BCUT2D eigenvalue weighted by atomic mass is 16.4. The number of carbonyl (C=O) groups excluding carboxylic acids is 1. The number of hydrogen-bond donors (Lipinski definition) is 0. The fraction of sp³-hybridized carbons (Fsp3) is 0.600. The predicted octanol–water partition coefficient (Wildman–Crippen LogP) is 2.56. The van der Waals surface area contributed by atoms with Crippen molar-refractivity contribution in [1.29, 1.82) is 0 Å². The molecular formula is C20H29N3O3. The van der Waals surface area contributed by atoms with Gasteiger partial charge in [-0.05, 0) is 51.0 Å². The summed E-state index contributed by atoms with van der Waals surface area (Å²) in [5.74, 6) is 0.162. The summed E-state index contributed by atoms with van der Waals surface area (Å²) in [4.78, 5) is 29.4. The molecule has 0 unspecified atom stereocenters. The van der Waals surface area contributed by atoms with Crippen LogP contribution in [0.5, 0.6) is 0 Å². The number of oxazole rings is 1. The Morgan fingerprint density at radius 1 is 1.27 bits per heavy atom. The maximum absolute atomic E-state index is 13.0. The smallest absolute Gasteiger partial charge is 0.408 e. The number of aryl methyl sites for hydroxylation is 1. The van der Waals surface area contributed by atoms with Crippen LogP contribution in [0.2, 0.25) is 0 Å². The van der Waals surface area contributed by atoms with Gasteiger partial charge in [0.25, 0.3) is 0 Å². The molecule has 1 fully saturated rings. The van der Waals surface area contributed by atoms with Gasteiger partial charge in [0.1, 0.15) is 0 Å². The van der Waals surface area contributed by atoms with Gasteiger partial charge in [-0.3, -0.25) is 9.36 Å². The maximum atomic E-state index is 13.0. The van der Waals surface area contributed by atoms with Crippen LogP contribution in [0, 0.1) is 5.92 Å². The van der Waals surface area contributed by atoms with E-state index in [2.05, 4.69) is 25.8 Å². The average molecular weight is 359 g/mol.